The Morgan fingerprint density at radius 1 is 0.917 bits per heavy atom. The van der Waals surface area contributed by atoms with E-state index in [2.05, 4.69) is 32.3 Å². The Morgan fingerprint density at radius 2 is 1.69 bits per heavy atom. The van der Waals surface area contributed by atoms with Crippen LogP contribution < -0.4 is 15.8 Å². The van der Waals surface area contributed by atoms with Crippen LogP contribution in [-0.4, -0.2) is 37.7 Å². The summed E-state index contributed by atoms with van der Waals surface area (Å²) in [6.45, 7) is 1.87. The van der Waals surface area contributed by atoms with Crippen LogP contribution in [0.3, 0.4) is 0 Å². The lowest BCUT2D eigenvalue weighted by Gasteiger charge is -2.34. The first kappa shape index (κ1) is 21.9. The zero-order valence-corrected chi connectivity index (χ0v) is 19.8. The van der Waals surface area contributed by atoms with Crippen molar-refractivity contribution in [2.75, 3.05) is 18.8 Å². The molecule has 0 spiro atoms. The van der Waals surface area contributed by atoms with Gasteiger partial charge in [-0.3, -0.25) is 0 Å². The topological polar surface area (TPSA) is 94.1 Å². The molecule has 4 heterocycles. The van der Waals surface area contributed by atoms with Gasteiger partial charge in [0.15, 0.2) is 5.65 Å². The van der Waals surface area contributed by atoms with E-state index in [0.29, 0.717) is 5.82 Å². The highest BCUT2D eigenvalue weighted by Crippen LogP contribution is 2.35. The van der Waals surface area contributed by atoms with Gasteiger partial charge in [0.2, 0.25) is 0 Å². The Balaban J connectivity index is 1.27. The Labute approximate surface area is 209 Å². The molecule has 0 aliphatic carbocycles. The highest BCUT2D eigenvalue weighted by Gasteiger charge is 2.26. The number of rotatable bonds is 5. The molecule has 2 aromatic heterocycles. The molecule has 4 aromatic rings. The highest BCUT2D eigenvalue weighted by molar-refractivity contribution is 5.98. The molecule has 36 heavy (non-hydrogen) atoms. The van der Waals surface area contributed by atoms with Crippen LogP contribution in [0.1, 0.15) is 18.9 Å². The number of nitrogens with zero attached hydrogens (tertiary/aromatic N) is 5. The van der Waals surface area contributed by atoms with Crippen LogP contribution in [0.2, 0.25) is 0 Å². The van der Waals surface area contributed by atoms with Gasteiger partial charge in [0.25, 0.3) is 0 Å². The number of aromatic nitrogens is 4. The Hall–Kier alpha value is -4.59. The van der Waals surface area contributed by atoms with Crippen molar-refractivity contribution in [1.29, 1.82) is 0 Å². The van der Waals surface area contributed by atoms with E-state index in [1.54, 1.807) is 0 Å². The number of nitrogen functional groups attached to an aromatic ring is 1. The molecule has 180 valence electrons. The molecule has 3 N–H and O–H groups in total. The summed E-state index contributed by atoms with van der Waals surface area (Å²) in [7, 11) is 0. The first-order valence-electron chi connectivity index (χ1n) is 12.1. The van der Waals surface area contributed by atoms with Crippen LogP contribution in [0.15, 0.2) is 97.2 Å². The van der Waals surface area contributed by atoms with Crippen molar-refractivity contribution >= 4 is 16.9 Å². The van der Waals surface area contributed by atoms with Crippen LogP contribution >= 0.6 is 0 Å². The van der Waals surface area contributed by atoms with E-state index in [1.165, 1.54) is 12.0 Å². The van der Waals surface area contributed by atoms with Crippen molar-refractivity contribution in [3.05, 3.63) is 97.2 Å². The standard InChI is InChI=1S/C28H27N7O/c29-27-25-26(20-9-11-24(12-10-20)36-23-7-2-1-3-8-23)33-35(28(25)32-19-31-27)21-13-16-34(17-14-21)22-6-4-5-15-30-18-22/h1-12,15,18-19,21,30H,13-14,16-17H2,(H2,29,31,32). The number of nitrogens with one attached hydrogen (secondary N) is 1. The van der Waals surface area contributed by atoms with Gasteiger partial charge < -0.3 is 20.7 Å². The fraction of sp³-hybridized carbons (Fsp3) is 0.179. The second-order valence-corrected chi connectivity index (χ2v) is 8.86. The maximum Gasteiger partial charge on any atom is 0.164 e. The lowest BCUT2D eigenvalue weighted by molar-refractivity contribution is 0.226. The SMILES string of the molecule is Nc1ncnc2c1c(-c1ccc(Oc3ccccc3)cc1)nn2C1CCN(C2=CNC=CC=C2)CC1. The molecular weight excluding hydrogens is 450 g/mol. The minimum atomic E-state index is 0.230. The molecule has 1 saturated heterocycles. The van der Waals surface area contributed by atoms with Gasteiger partial charge in [-0.25, -0.2) is 14.6 Å². The van der Waals surface area contributed by atoms with E-state index in [4.69, 9.17) is 15.6 Å². The summed E-state index contributed by atoms with van der Waals surface area (Å²) in [6.07, 6.45) is 13.6. The van der Waals surface area contributed by atoms with Crippen LogP contribution in [0.5, 0.6) is 11.5 Å². The molecule has 2 aliphatic heterocycles. The molecule has 0 bridgehead atoms. The lowest BCUT2D eigenvalue weighted by Crippen LogP contribution is -2.34. The summed E-state index contributed by atoms with van der Waals surface area (Å²) in [6, 6.07) is 17.9. The van der Waals surface area contributed by atoms with E-state index in [0.717, 1.165) is 59.7 Å². The fourth-order valence-corrected chi connectivity index (χ4v) is 4.77. The highest BCUT2D eigenvalue weighted by atomic mass is 16.5. The number of anilines is 1. The second-order valence-electron chi connectivity index (χ2n) is 8.86. The van der Waals surface area contributed by atoms with E-state index >= 15 is 0 Å². The monoisotopic (exact) mass is 477 g/mol. The van der Waals surface area contributed by atoms with Gasteiger partial charge in [0, 0.05) is 31.1 Å². The van der Waals surface area contributed by atoms with Crippen LogP contribution in [-0.2, 0) is 0 Å². The summed E-state index contributed by atoms with van der Waals surface area (Å²) in [5.41, 5.74) is 10.0. The average Bonchev–Trinajstić information content (AvgIpc) is 3.11. The number of hydrogen-bond acceptors (Lipinski definition) is 7. The minimum Gasteiger partial charge on any atom is -0.457 e. The molecule has 8 nitrogen and oxygen atoms in total. The third kappa shape index (κ3) is 4.29. The maximum atomic E-state index is 6.34. The number of hydrogen-bond donors (Lipinski definition) is 2. The molecule has 0 saturated carbocycles. The normalized spacial score (nSPS) is 16.0. The number of allylic oxidation sites excluding steroid dienone is 3. The maximum absolute atomic E-state index is 6.34. The van der Waals surface area contributed by atoms with Gasteiger partial charge in [-0.2, -0.15) is 5.10 Å². The number of ether oxygens (including phenoxy) is 1. The Morgan fingerprint density at radius 3 is 2.50 bits per heavy atom. The Kier molecular flexibility index (Phi) is 5.83. The van der Waals surface area contributed by atoms with Crippen molar-refractivity contribution < 1.29 is 4.74 Å². The van der Waals surface area contributed by atoms with E-state index < -0.39 is 0 Å². The Bertz CT molecular complexity index is 1450. The van der Waals surface area contributed by atoms with Crippen LogP contribution in [0.4, 0.5) is 5.82 Å². The molecule has 0 atom stereocenters. The molecule has 0 amide bonds. The summed E-state index contributed by atoms with van der Waals surface area (Å²) in [4.78, 5) is 11.2. The second kappa shape index (κ2) is 9.58. The molecular formula is C28H27N7O. The van der Waals surface area contributed by atoms with Crippen molar-refractivity contribution in [2.24, 2.45) is 0 Å². The zero-order valence-electron chi connectivity index (χ0n) is 19.8. The third-order valence-electron chi connectivity index (χ3n) is 6.60. The molecule has 6 rings (SSSR count). The minimum absolute atomic E-state index is 0.230. The van der Waals surface area contributed by atoms with Gasteiger partial charge in [-0.1, -0.05) is 24.3 Å². The van der Waals surface area contributed by atoms with Crippen molar-refractivity contribution in [3.8, 4) is 22.8 Å². The third-order valence-corrected chi connectivity index (χ3v) is 6.60. The smallest absolute Gasteiger partial charge is 0.164 e. The van der Waals surface area contributed by atoms with Gasteiger partial charge in [0.1, 0.15) is 29.3 Å². The number of benzene rings is 2. The summed E-state index contributed by atoms with van der Waals surface area (Å²) in [5, 5.41) is 9.03. The van der Waals surface area contributed by atoms with Crippen molar-refractivity contribution in [3.63, 3.8) is 0 Å². The van der Waals surface area contributed by atoms with Gasteiger partial charge in [-0.05, 0) is 61.4 Å². The number of fused-ring (bicyclic) bond motifs is 1. The summed E-state index contributed by atoms with van der Waals surface area (Å²) >= 11 is 0. The van der Waals surface area contributed by atoms with Gasteiger partial charge in [0.05, 0.1) is 17.1 Å². The summed E-state index contributed by atoms with van der Waals surface area (Å²) < 4.78 is 8.00. The van der Waals surface area contributed by atoms with Gasteiger partial charge in [-0.15, -0.1) is 0 Å². The largest absolute Gasteiger partial charge is 0.457 e. The molecule has 2 aliphatic rings. The summed E-state index contributed by atoms with van der Waals surface area (Å²) in [5.74, 6) is 2.00. The molecule has 0 radical (unpaired) electrons. The van der Waals surface area contributed by atoms with E-state index in [-0.39, 0.29) is 6.04 Å². The molecule has 8 heteroatoms. The number of para-hydroxylation sites is 1. The van der Waals surface area contributed by atoms with Crippen LogP contribution in [0, 0.1) is 0 Å². The van der Waals surface area contributed by atoms with Crippen molar-refractivity contribution in [2.45, 2.75) is 18.9 Å². The predicted molar refractivity (Wildman–Crippen MR) is 141 cm³/mol. The quantitative estimate of drug-likeness (QED) is 0.417. The first-order chi connectivity index (χ1) is 17.8. The van der Waals surface area contributed by atoms with Crippen molar-refractivity contribution in [1.82, 2.24) is 30.0 Å². The average molecular weight is 478 g/mol. The number of likely N-dealkylation sites (tertiary alicyclic amines) is 1. The van der Waals surface area contributed by atoms with Crippen LogP contribution in [0.25, 0.3) is 22.3 Å². The number of nitrogens with two attached hydrogens (primary N) is 1. The predicted octanol–water partition coefficient (Wildman–Crippen LogP) is 5.02. The fourth-order valence-electron chi connectivity index (χ4n) is 4.77. The zero-order chi connectivity index (χ0) is 24.3. The van der Waals surface area contributed by atoms with E-state index in [1.807, 2.05) is 77.8 Å². The van der Waals surface area contributed by atoms with E-state index in [9.17, 15) is 0 Å². The molecule has 2 aromatic carbocycles. The lowest BCUT2D eigenvalue weighted by atomic mass is 10.0. The molecule has 1 fully saturated rings. The van der Waals surface area contributed by atoms with Gasteiger partial charge >= 0.3 is 0 Å². The molecule has 0 unspecified atom stereocenters. The number of piperidine rings is 1. The first-order valence-corrected chi connectivity index (χ1v) is 12.1.